The van der Waals surface area contributed by atoms with Gasteiger partial charge in [0.15, 0.2) is 5.76 Å². The summed E-state index contributed by atoms with van der Waals surface area (Å²) in [5.41, 5.74) is 0.165. The van der Waals surface area contributed by atoms with Gasteiger partial charge in [-0.05, 0) is 42.5 Å². The Kier molecular flexibility index (Phi) is 3.36. The Morgan fingerprint density at radius 3 is 2.36 bits per heavy atom. The van der Waals surface area contributed by atoms with E-state index in [4.69, 9.17) is 4.42 Å². The molecule has 3 aromatic rings. The fourth-order valence-corrected chi connectivity index (χ4v) is 2.00. The van der Waals surface area contributed by atoms with Crippen molar-refractivity contribution in [2.45, 2.75) is 6.18 Å². The molecule has 1 aromatic heterocycles. The molecule has 0 aliphatic rings. The number of oxazole rings is 1. The largest absolute Gasteiger partial charge is 0.508 e. The first kappa shape index (κ1) is 14.2. The molecule has 0 aliphatic heterocycles. The fraction of sp³-hybridized carbons (Fsp3) is 0.0625. The Morgan fingerprint density at radius 1 is 0.955 bits per heavy atom. The molecule has 0 radical (unpaired) electrons. The molecule has 0 spiro atoms. The summed E-state index contributed by atoms with van der Waals surface area (Å²) in [7, 11) is 0. The van der Waals surface area contributed by atoms with Gasteiger partial charge in [0.05, 0.1) is 11.8 Å². The minimum atomic E-state index is -4.41. The number of aromatic nitrogens is 1. The average Bonchev–Trinajstić information content (AvgIpc) is 2.97. The Hall–Kier alpha value is -2.76. The highest BCUT2D eigenvalue weighted by Crippen LogP contribution is 2.33. The van der Waals surface area contributed by atoms with E-state index in [2.05, 4.69) is 4.98 Å². The lowest BCUT2D eigenvalue weighted by atomic mass is 10.1. The number of benzene rings is 2. The maximum Gasteiger partial charge on any atom is 0.416 e. The van der Waals surface area contributed by atoms with Crippen LogP contribution in [0.5, 0.6) is 5.75 Å². The van der Waals surface area contributed by atoms with Gasteiger partial charge < -0.3 is 9.52 Å². The molecule has 6 heteroatoms. The zero-order valence-electron chi connectivity index (χ0n) is 11.1. The number of phenols is 1. The predicted molar refractivity (Wildman–Crippen MR) is 74.0 cm³/mol. The topological polar surface area (TPSA) is 46.3 Å². The molecular weight excluding hydrogens is 295 g/mol. The Morgan fingerprint density at radius 2 is 1.68 bits per heavy atom. The number of halogens is 3. The van der Waals surface area contributed by atoms with E-state index < -0.39 is 11.7 Å². The minimum Gasteiger partial charge on any atom is -0.508 e. The summed E-state index contributed by atoms with van der Waals surface area (Å²) in [6.45, 7) is 0. The first-order valence-electron chi connectivity index (χ1n) is 6.36. The highest BCUT2D eigenvalue weighted by molar-refractivity contribution is 5.62. The van der Waals surface area contributed by atoms with Crippen molar-refractivity contribution in [3.63, 3.8) is 0 Å². The van der Waals surface area contributed by atoms with E-state index in [1.165, 1.54) is 30.5 Å². The lowest BCUT2D eigenvalue weighted by Crippen LogP contribution is -2.04. The molecule has 0 bridgehead atoms. The van der Waals surface area contributed by atoms with Crippen LogP contribution in [-0.2, 0) is 6.18 Å². The zero-order chi connectivity index (χ0) is 15.7. The van der Waals surface area contributed by atoms with Crippen molar-refractivity contribution in [2.75, 3.05) is 0 Å². The Bertz CT molecular complexity index is 792. The number of phenolic OH excluding ortho intramolecular Hbond substituents is 1. The highest BCUT2D eigenvalue weighted by atomic mass is 19.4. The molecule has 0 fully saturated rings. The van der Waals surface area contributed by atoms with Crippen molar-refractivity contribution in [1.82, 2.24) is 4.98 Å². The Labute approximate surface area is 123 Å². The van der Waals surface area contributed by atoms with Gasteiger partial charge in [-0.15, -0.1) is 0 Å². The molecule has 22 heavy (non-hydrogen) atoms. The van der Waals surface area contributed by atoms with Crippen molar-refractivity contribution in [3.8, 4) is 28.5 Å². The van der Waals surface area contributed by atoms with Crippen LogP contribution in [0.3, 0.4) is 0 Å². The van der Waals surface area contributed by atoms with Crippen LogP contribution in [0.2, 0.25) is 0 Å². The van der Waals surface area contributed by atoms with E-state index in [1.54, 1.807) is 12.1 Å². The number of hydrogen-bond donors (Lipinski definition) is 1. The van der Waals surface area contributed by atoms with Gasteiger partial charge in [0.2, 0.25) is 5.89 Å². The van der Waals surface area contributed by atoms with Gasteiger partial charge in [0.1, 0.15) is 5.75 Å². The second-order valence-electron chi connectivity index (χ2n) is 4.66. The standard InChI is InChI=1S/C16H10F3NO2/c17-16(18,19)12-3-1-2-11(8-12)15-20-9-14(22-15)10-4-6-13(21)7-5-10/h1-9,21H. The van der Waals surface area contributed by atoms with Crippen LogP contribution in [0.25, 0.3) is 22.8 Å². The van der Waals surface area contributed by atoms with Crippen LogP contribution in [0.15, 0.2) is 59.1 Å². The van der Waals surface area contributed by atoms with Gasteiger partial charge in [-0.3, -0.25) is 0 Å². The Balaban J connectivity index is 1.96. The van der Waals surface area contributed by atoms with Gasteiger partial charge in [0, 0.05) is 11.1 Å². The normalized spacial score (nSPS) is 11.6. The predicted octanol–water partition coefficient (Wildman–Crippen LogP) is 4.73. The van der Waals surface area contributed by atoms with Gasteiger partial charge in [-0.1, -0.05) is 6.07 Å². The average molecular weight is 305 g/mol. The summed E-state index contributed by atoms with van der Waals surface area (Å²) in [5, 5.41) is 9.24. The number of nitrogens with zero attached hydrogens (tertiary/aromatic N) is 1. The number of aromatic hydroxyl groups is 1. The molecule has 112 valence electrons. The summed E-state index contributed by atoms with van der Waals surface area (Å²) in [6, 6.07) is 11.0. The first-order valence-corrected chi connectivity index (χ1v) is 6.36. The second kappa shape index (κ2) is 5.22. The lowest BCUT2D eigenvalue weighted by molar-refractivity contribution is -0.137. The van der Waals surface area contributed by atoms with Crippen molar-refractivity contribution < 1.29 is 22.7 Å². The van der Waals surface area contributed by atoms with E-state index in [1.807, 2.05) is 0 Å². The number of alkyl halides is 3. The molecule has 0 amide bonds. The first-order chi connectivity index (χ1) is 10.4. The third-order valence-corrected chi connectivity index (χ3v) is 3.09. The molecule has 1 N–H and O–H groups in total. The molecule has 0 aliphatic carbocycles. The zero-order valence-corrected chi connectivity index (χ0v) is 11.1. The molecule has 1 heterocycles. The SMILES string of the molecule is Oc1ccc(-c2cnc(-c3cccc(C(F)(F)F)c3)o2)cc1. The van der Waals surface area contributed by atoms with E-state index >= 15 is 0 Å². The second-order valence-corrected chi connectivity index (χ2v) is 4.66. The monoisotopic (exact) mass is 305 g/mol. The van der Waals surface area contributed by atoms with Gasteiger partial charge in [-0.25, -0.2) is 4.98 Å². The van der Waals surface area contributed by atoms with Gasteiger partial charge >= 0.3 is 6.18 Å². The highest BCUT2D eigenvalue weighted by Gasteiger charge is 2.30. The van der Waals surface area contributed by atoms with E-state index in [0.29, 0.717) is 11.3 Å². The van der Waals surface area contributed by atoms with Crippen molar-refractivity contribution in [3.05, 3.63) is 60.3 Å². The third-order valence-electron chi connectivity index (χ3n) is 3.09. The van der Waals surface area contributed by atoms with E-state index in [0.717, 1.165) is 12.1 Å². The number of rotatable bonds is 2. The van der Waals surface area contributed by atoms with Crippen molar-refractivity contribution in [2.24, 2.45) is 0 Å². The molecular formula is C16H10F3NO2. The van der Waals surface area contributed by atoms with Crippen molar-refractivity contribution >= 4 is 0 Å². The minimum absolute atomic E-state index is 0.106. The van der Waals surface area contributed by atoms with Crippen LogP contribution in [-0.4, -0.2) is 10.1 Å². The molecule has 3 rings (SSSR count). The molecule has 0 saturated carbocycles. The summed E-state index contributed by atoms with van der Waals surface area (Å²) in [6.07, 6.45) is -2.98. The maximum absolute atomic E-state index is 12.7. The molecule has 2 aromatic carbocycles. The summed E-state index contributed by atoms with van der Waals surface area (Å²) < 4.78 is 43.7. The third kappa shape index (κ3) is 2.81. The fourth-order valence-electron chi connectivity index (χ4n) is 2.00. The van der Waals surface area contributed by atoms with Crippen LogP contribution >= 0.6 is 0 Å². The van der Waals surface area contributed by atoms with Crippen molar-refractivity contribution in [1.29, 1.82) is 0 Å². The molecule has 3 nitrogen and oxygen atoms in total. The lowest BCUT2D eigenvalue weighted by Gasteiger charge is -2.06. The van der Waals surface area contributed by atoms with Crippen LogP contribution in [0.4, 0.5) is 13.2 Å². The molecule has 0 unspecified atom stereocenters. The van der Waals surface area contributed by atoms with Crippen LogP contribution in [0, 0.1) is 0 Å². The van der Waals surface area contributed by atoms with Gasteiger partial charge in [0.25, 0.3) is 0 Å². The summed E-state index contributed by atoms with van der Waals surface area (Å²) in [4.78, 5) is 4.01. The molecule has 0 saturated heterocycles. The smallest absolute Gasteiger partial charge is 0.416 e. The van der Waals surface area contributed by atoms with E-state index in [-0.39, 0.29) is 17.2 Å². The summed E-state index contributed by atoms with van der Waals surface area (Å²) in [5.74, 6) is 0.628. The maximum atomic E-state index is 12.7. The van der Waals surface area contributed by atoms with Gasteiger partial charge in [-0.2, -0.15) is 13.2 Å². The molecule has 0 atom stereocenters. The van der Waals surface area contributed by atoms with Crippen LogP contribution in [0.1, 0.15) is 5.56 Å². The van der Waals surface area contributed by atoms with Crippen LogP contribution < -0.4 is 0 Å². The quantitative estimate of drug-likeness (QED) is 0.744. The number of hydrogen-bond acceptors (Lipinski definition) is 3. The van der Waals surface area contributed by atoms with E-state index in [9.17, 15) is 18.3 Å². The summed E-state index contributed by atoms with van der Waals surface area (Å²) >= 11 is 0.